The van der Waals surface area contributed by atoms with Gasteiger partial charge in [-0.2, -0.15) is 0 Å². The number of aliphatic carboxylic acids is 2. The Balaban J connectivity index is -0.000000980. The van der Waals surface area contributed by atoms with E-state index < -0.39 is 23.3 Å². The molecule has 0 radical (unpaired) electrons. The standard InChI is InChI=1S/C11H20O4.Li.Na.2H/c1-4-5-6-7-11(8(2)3,9(12)13)10(14)15;;;;/h8H,4-7H2,1-3H3,(H,12,13)(H,14,15);;;;. The fourth-order valence-corrected chi connectivity index (χ4v) is 1.74. The van der Waals surface area contributed by atoms with Gasteiger partial charge in [0.05, 0.1) is 0 Å². The fourth-order valence-electron chi connectivity index (χ4n) is 1.74. The van der Waals surface area contributed by atoms with E-state index in [2.05, 4.69) is 0 Å². The zero-order chi connectivity index (χ0) is 12.1. The van der Waals surface area contributed by atoms with Crippen LogP contribution in [-0.2, 0) is 9.59 Å². The van der Waals surface area contributed by atoms with E-state index in [0.29, 0.717) is 6.42 Å². The van der Waals surface area contributed by atoms with Crippen molar-refractivity contribution in [2.45, 2.75) is 46.5 Å². The first-order valence-corrected chi connectivity index (χ1v) is 5.36. The molecule has 0 aliphatic heterocycles. The predicted octanol–water partition coefficient (Wildman–Crippen LogP) is 1.08. The molecule has 6 heteroatoms. The molecule has 2 N–H and O–H groups in total. The van der Waals surface area contributed by atoms with Gasteiger partial charge in [0.1, 0.15) is 0 Å². The average Bonchev–Trinajstić information content (AvgIpc) is 2.10. The number of unbranched alkanes of at least 4 members (excludes halogenated alkanes) is 2. The van der Waals surface area contributed by atoms with Crippen LogP contribution in [0.1, 0.15) is 46.5 Å². The summed E-state index contributed by atoms with van der Waals surface area (Å²) in [6, 6.07) is 0. The summed E-state index contributed by atoms with van der Waals surface area (Å²) in [5.41, 5.74) is -1.62. The minimum absolute atomic E-state index is 0. The molecule has 0 amide bonds. The van der Waals surface area contributed by atoms with Crippen molar-refractivity contribution < 1.29 is 19.8 Å². The first kappa shape index (κ1) is 22.7. The molecule has 0 fully saturated rings. The topological polar surface area (TPSA) is 74.6 Å². The Morgan fingerprint density at radius 1 is 1.12 bits per heavy atom. The molecule has 0 aliphatic rings. The van der Waals surface area contributed by atoms with E-state index in [1.54, 1.807) is 13.8 Å². The molecule has 0 aromatic rings. The van der Waals surface area contributed by atoms with Crippen molar-refractivity contribution in [3.63, 3.8) is 0 Å². The predicted molar refractivity (Wildman–Crippen MR) is 71.0 cm³/mol. The van der Waals surface area contributed by atoms with Gasteiger partial charge in [0.25, 0.3) is 0 Å². The van der Waals surface area contributed by atoms with Crippen molar-refractivity contribution in [3.8, 4) is 0 Å². The molecule has 0 unspecified atom stereocenters. The molecule has 4 nitrogen and oxygen atoms in total. The molecule has 0 aliphatic carbocycles. The molecular weight excluding hydrogens is 226 g/mol. The molecule has 17 heavy (non-hydrogen) atoms. The van der Waals surface area contributed by atoms with Gasteiger partial charge in [0, 0.05) is 0 Å². The molecular formula is C11H22LiNaO4. The first-order chi connectivity index (χ1) is 6.89. The quantitative estimate of drug-likeness (QED) is 0.401. The summed E-state index contributed by atoms with van der Waals surface area (Å²) in [6.07, 6.45) is 2.68. The summed E-state index contributed by atoms with van der Waals surface area (Å²) in [7, 11) is 0. The summed E-state index contributed by atoms with van der Waals surface area (Å²) in [5.74, 6) is -2.84. The number of carboxylic acids is 2. The molecule has 0 atom stereocenters. The zero-order valence-corrected chi connectivity index (χ0v) is 9.62. The van der Waals surface area contributed by atoms with Gasteiger partial charge in [-0.1, -0.05) is 40.0 Å². The summed E-state index contributed by atoms with van der Waals surface area (Å²) < 4.78 is 0. The Kier molecular flexibility index (Phi) is 14.0. The fraction of sp³-hybridized carbons (Fsp3) is 0.818. The second kappa shape index (κ2) is 10.5. The van der Waals surface area contributed by atoms with Gasteiger partial charge in [-0.3, -0.25) is 9.59 Å². The van der Waals surface area contributed by atoms with Crippen molar-refractivity contribution in [3.05, 3.63) is 0 Å². The zero-order valence-electron chi connectivity index (χ0n) is 9.62. The molecule has 0 saturated heterocycles. The third-order valence-corrected chi connectivity index (χ3v) is 2.92. The van der Waals surface area contributed by atoms with E-state index in [-0.39, 0.29) is 54.8 Å². The molecule has 0 bridgehead atoms. The Morgan fingerprint density at radius 3 is 1.76 bits per heavy atom. The first-order valence-electron chi connectivity index (χ1n) is 5.36. The molecule has 0 heterocycles. The van der Waals surface area contributed by atoms with Crippen molar-refractivity contribution in [2.24, 2.45) is 11.3 Å². The van der Waals surface area contributed by atoms with Gasteiger partial charge in [0.15, 0.2) is 5.41 Å². The summed E-state index contributed by atoms with van der Waals surface area (Å²) in [5, 5.41) is 18.2. The third kappa shape index (κ3) is 5.80. The summed E-state index contributed by atoms with van der Waals surface area (Å²) in [6.45, 7) is 5.29. The van der Waals surface area contributed by atoms with Crippen molar-refractivity contribution >= 4 is 60.4 Å². The Hall–Kier alpha value is 0.537. The van der Waals surface area contributed by atoms with Crippen LogP contribution in [0.3, 0.4) is 0 Å². The SMILES string of the molecule is CCCCCC(C(=O)O)(C(=O)O)C(C)C.[LiH].[NaH]. The van der Waals surface area contributed by atoms with Crippen molar-refractivity contribution in [2.75, 3.05) is 0 Å². The van der Waals surface area contributed by atoms with Crippen LogP contribution in [0, 0.1) is 11.3 Å². The van der Waals surface area contributed by atoms with E-state index >= 15 is 0 Å². The van der Waals surface area contributed by atoms with Crippen LogP contribution in [-0.4, -0.2) is 70.6 Å². The van der Waals surface area contributed by atoms with Crippen LogP contribution >= 0.6 is 0 Å². The number of hydrogen-bond donors (Lipinski definition) is 2. The Bertz CT molecular complexity index is 230. The van der Waals surface area contributed by atoms with Gasteiger partial charge < -0.3 is 10.2 Å². The monoisotopic (exact) mass is 248 g/mol. The number of rotatable bonds is 7. The molecule has 0 rings (SSSR count). The second-order valence-electron chi connectivity index (χ2n) is 4.19. The molecule has 0 saturated carbocycles. The van der Waals surface area contributed by atoms with E-state index in [1.165, 1.54) is 0 Å². The van der Waals surface area contributed by atoms with Crippen LogP contribution in [0.5, 0.6) is 0 Å². The Labute approximate surface area is 137 Å². The van der Waals surface area contributed by atoms with Crippen LogP contribution < -0.4 is 0 Å². The molecule has 0 aromatic heterocycles. The Morgan fingerprint density at radius 2 is 1.53 bits per heavy atom. The van der Waals surface area contributed by atoms with E-state index in [1.807, 2.05) is 6.92 Å². The minimum atomic E-state index is -1.62. The van der Waals surface area contributed by atoms with Gasteiger partial charge >= 0.3 is 60.4 Å². The number of hydrogen-bond acceptors (Lipinski definition) is 2. The van der Waals surface area contributed by atoms with Gasteiger partial charge in [-0.15, -0.1) is 0 Å². The normalized spacial score (nSPS) is 10.4. The van der Waals surface area contributed by atoms with Gasteiger partial charge in [-0.25, -0.2) is 0 Å². The van der Waals surface area contributed by atoms with Crippen molar-refractivity contribution in [1.82, 2.24) is 0 Å². The van der Waals surface area contributed by atoms with Gasteiger partial charge in [0.2, 0.25) is 0 Å². The molecule has 0 spiro atoms. The number of carboxylic acid groups (broad SMARTS) is 2. The second-order valence-corrected chi connectivity index (χ2v) is 4.19. The van der Waals surface area contributed by atoms with Crippen LogP contribution in [0.15, 0.2) is 0 Å². The van der Waals surface area contributed by atoms with E-state index in [0.717, 1.165) is 12.8 Å². The van der Waals surface area contributed by atoms with E-state index in [4.69, 9.17) is 10.2 Å². The van der Waals surface area contributed by atoms with Crippen LogP contribution in [0.2, 0.25) is 0 Å². The third-order valence-electron chi connectivity index (χ3n) is 2.92. The van der Waals surface area contributed by atoms with Crippen LogP contribution in [0.4, 0.5) is 0 Å². The molecule has 92 valence electrons. The average molecular weight is 248 g/mol. The maximum absolute atomic E-state index is 11.1. The summed E-state index contributed by atoms with van der Waals surface area (Å²) in [4.78, 5) is 22.2. The van der Waals surface area contributed by atoms with Gasteiger partial charge in [-0.05, 0) is 12.3 Å². The maximum atomic E-state index is 11.1. The summed E-state index contributed by atoms with van der Waals surface area (Å²) >= 11 is 0. The van der Waals surface area contributed by atoms with Crippen LogP contribution in [0.25, 0.3) is 0 Å². The number of carbonyl (C=O) groups is 2. The molecule has 0 aromatic carbocycles. The van der Waals surface area contributed by atoms with E-state index in [9.17, 15) is 9.59 Å². The van der Waals surface area contributed by atoms with Crippen molar-refractivity contribution in [1.29, 1.82) is 0 Å².